The summed E-state index contributed by atoms with van der Waals surface area (Å²) >= 11 is 0. The van der Waals surface area contributed by atoms with E-state index in [1.165, 1.54) is 0 Å². The van der Waals surface area contributed by atoms with E-state index in [0.717, 1.165) is 10.8 Å². The normalized spacial score (nSPS) is 25.2. The molecule has 0 saturated carbocycles. The van der Waals surface area contributed by atoms with Crippen LogP contribution in [0.25, 0.3) is 0 Å². The molecule has 1 aliphatic rings. The molecule has 1 aromatic heterocycles. The number of hydrogen-bond donors (Lipinski definition) is 6. The molecule has 154 valence electrons. The second-order valence-corrected chi connectivity index (χ2v) is 6.18. The van der Waals surface area contributed by atoms with Crippen molar-refractivity contribution >= 4 is 24.1 Å². The van der Waals surface area contributed by atoms with Crippen molar-refractivity contribution in [2.45, 2.75) is 49.8 Å². The zero-order chi connectivity index (χ0) is 21.0. The van der Waals surface area contributed by atoms with Crippen molar-refractivity contribution in [2.24, 2.45) is 0 Å². The highest BCUT2D eigenvalue weighted by molar-refractivity contribution is 5.84. The third kappa shape index (κ3) is 4.82. The number of carboxylic acid groups (broad SMARTS) is 2. The highest BCUT2D eigenvalue weighted by Crippen LogP contribution is 2.30. The van der Waals surface area contributed by atoms with Crippen LogP contribution in [-0.4, -0.2) is 78.5 Å². The molecule has 5 atom stereocenters. The summed E-state index contributed by atoms with van der Waals surface area (Å²) in [5.41, 5.74) is -0.859. The number of ether oxygens (including phenoxy) is 1. The maximum atomic E-state index is 12.1. The van der Waals surface area contributed by atoms with Crippen molar-refractivity contribution in [1.82, 2.24) is 14.9 Å². The maximum Gasteiger partial charge on any atom is 0.328 e. The van der Waals surface area contributed by atoms with Crippen LogP contribution in [0.2, 0.25) is 0 Å². The topological polar surface area (TPSA) is 208 Å². The number of carboxylic acids is 2. The second-order valence-electron chi connectivity index (χ2n) is 6.18. The molecule has 6 N–H and O–H groups in total. The molecular formula is C15H19N3O10. The van der Waals surface area contributed by atoms with E-state index in [1.54, 1.807) is 0 Å². The molecule has 1 aromatic rings. The molecule has 13 nitrogen and oxygen atoms in total. The fourth-order valence-corrected chi connectivity index (χ4v) is 2.77. The van der Waals surface area contributed by atoms with Gasteiger partial charge in [-0.05, 0) is 6.42 Å². The summed E-state index contributed by atoms with van der Waals surface area (Å²) in [5, 5.41) is 39.9. The number of hydrogen-bond acceptors (Lipinski definition) is 8. The van der Waals surface area contributed by atoms with Crippen LogP contribution in [0.15, 0.2) is 11.0 Å². The third-order valence-electron chi connectivity index (χ3n) is 4.17. The number of aromatic amines is 1. The Bertz CT molecular complexity index is 815. The van der Waals surface area contributed by atoms with Crippen molar-refractivity contribution in [2.75, 3.05) is 0 Å². The van der Waals surface area contributed by atoms with Crippen LogP contribution >= 0.6 is 0 Å². The molecule has 1 amide bonds. The van der Waals surface area contributed by atoms with Crippen LogP contribution in [0, 0.1) is 0 Å². The molecule has 0 aliphatic carbocycles. The van der Waals surface area contributed by atoms with Gasteiger partial charge in [0.05, 0.1) is 18.2 Å². The monoisotopic (exact) mass is 401 g/mol. The van der Waals surface area contributed by atoms with Crippen LogP contribution in [0.4, 0.5) is 0 Å². The van der Waals surface area contributed by atoms with Gasteiger partial charge in [-0.2, -0.15) is 0 Å². The molecule has 0 bridgehead atoms. The minimum absolute atomic E-state index is 0.0841. The number of aliphatic hydroxyl groups excluding tert-OH is 2. The molecule has 0 spiro atoms. The number of carbonyl (C=O) groups excluding carboxylic acids is 2. The zero-order valence-electron chi connectivity index (χ0n) is 14.3. The van der Waals surface area contributed by atoms with E-state index < -0.39 is 67.0 Å². The van der Waals surface area contributed by atoms with Gasteiger partial charge < -0.3 is 35.5 Å². The lowest BCUT2D eigenvalue weighted by Crippen LogP contribution is -2.43. The van der Waals surface area contributed by atoms with Gasteiger partial charge in [-0.15, -0.1) is 0 Å². The first-order chi connectivity index (χ1) is 13.1. The first-order valence-corrected chi connectivity index (χ1v) is 8.16. The maximum absolute atomic E-state index is 12.1. The van der Waals surface area contributed by atoms with E-state index in [0.29, 0.717) is 6.29 Å². The van der Waals surface area contributed by atoms with Gasteiger partial charge in [0.2, 0.25) is 5.91 Å². The lowest BCUT2D eigenvalue weighted by atomic mass is 10.1. The number of aromatic nitrogens is 2. The van der Waals surface area contributed by atoms with Gasteiger partial charge in [-0.25, -0.2) is 9.59 Å². The molecule has 5 unspecified atom stereocenters. The second kappa shape index (κ2) is 8.77. The molecule has 1 aliphatic heterocycles. The Morgan fingerprint density at radius 1 is 1.29 bits per heavy atom. The van der Waals surface area contributed by atoms with Crippen molar-refractivity contribution in [3.63, 3.8) is 0 Å². The van der Waals surface area contributed by atoms with E-state index >= 15 is 0 Å². The first-order valence-electron chi connectivity index (χ1n) is 8.16. The molecule has 2 rings (SSSR count). The number of carbonyl (C=O) groups is 4. The Morgan fingerprint density at radius 3 is 2.50 bits per heavy atom. The average Bonchev–Trinajstić information content (AvgIpc) is 3.12. The van der Waals surface area contributed by atoms with Gasteiger partial charge in [0.15, 0.2) is 12.5 Å². The van der Waals surface area contributed by atoms with Gasteiger partial charge in [0, 0.05) is 12.6 Å². The summed E-state index contributed by atoms with van der Waals surface area (Å²) in [4.78, 5) is 58.4. The molecule has 0 radical (unpaired) electrons. The summed E-state index contributed by atoms with van der Waals surface area (Å²) < 4.78 is 6.20. The van der Waals surface area contributed by atoms with Gasteiger partial charge >= 0.3 is 17.6 Å². The van der Waals surface area contributed by atoms with Crippen LogP contribution in [-0.2, 0) is 19.1 Å². The van der Waals surface area contributed by atoms with E-state index in [-0.39, 0.29) is 12.1 Å². The quantitative estimate of drug-likeness (QED) is 0.238. The number of rotatable bonds is 9. The zero-order valence-corrected chi connectivity index (χ0v) is 14.3. The Balaban J connectivity index is 2.03. The largest absolute Gasteiger partial charge is 0.481 e. The SMILES string of the molecule is O=Cc1cn(C2OC(CC(=O)NC(CCC(=O)O)C(=O)O)C(O)C2O)c(=O)[nH]1. The molecule has 1 fully saturated rings. The van der Waals surface area contributed by atoms with Crippen LogP contribution in [0.3, 0.4) is 0 Å². The molecule has 2 heterocycles. The smallest absolute Gasteiger partial charge is 0.328 e. The number of H-pyrrole nitrogens is 1. The predicted molar refractivity (Wildman–Crippen MR) is 87.4 cm³/mol. The lowest BCUT2D eigenvalue weighted by molar-refractivity contribution is -0.143. The summed E-state index contributed by atoms with van der Waals surface area (Å²) in [7, 11) is 0. The number of nitrogens with one attached hydrogen (secondary N) is 2. The van der Waals surface area contributed by atoms with E-state index in [2.05, 4.69) is 10.3 Å². The van der Waals surface area contributed by atoms with Crippen molar-refractivity contribution in [3.8, 4) is 0 Å². The number of imidazole rings is 1. The molecule has 28 heavy (non-hydrogen) atoms. The Morgan fingerprint density at radius 2 is 1.96 bits per heavy atom. The summed E-state index contributed by atoms with van der Waals surface area (Å²) in [6.45, 7) is 0. The summed E-state index contributed by atoms with van der Waals surface area (Å²) in [5.74, 6) is -3.52. The van der Waals surface area contributed by atoms with Gasteiger partial charge in [0.25, 0.3) is 0 Å². The molecule has 1 saturated heterocycles. The minimum atomic E-state index is -1.59. The van der Waals surface area contributed by atoms with E-state index in [4.69, 9.17) is 14.9 Å². The number of amides is 1. The predicted octanol–water partition coefficient (Wildman–Crippen LogP) is -2.57. The minimum Gasteiger partial charge on any atom is -0.481 e. The number of aliphatic hydroxyl groups is 2. The molecule has 0 aromatic carbocycles. The Labute approximate surface area is 156 Å². The van der Waals surface area contributed by atoms with Crippen molar-refractivity contribution in [1.29, 1.82) is 0 Å². The van der Waals surface area contributed by atoms with Gasteiger partial charge in [-0.1, -0.05) is 0 Å². The average molecular weight is 401 g/mol. The van der Waals surface area contributed by atoms with Crippen molar-refractivity contribution < 1.29 is 44.3 Å². The summed E-state index contributed by atoms with van der Waals surface area (Å²) in [6.07, 6.45) is -5.73. The molecular weight excluding hydrogens is 382 g/mol. The van der Waals surface area contributed by atoms with Crippen LogP contribution in [0.1, 0.15) is 36.0 Å². The van der Waals surface area contributed by atoms with Crippen LogP contribution < -0.4 is 11.0 Å². The fourth-order valence-electron chi connectivity index (χ4n) is 2.77. The van der Waals surface area contributed by atoms with Crippen LogP contribution in [0.5, 0.6) is 0 Å². The number of aldehydes is 1. The molecule has 13 heteroatoms. The third-order valence-corrected chi connectivity index (χ3v) is 4.17. The first kappa shape index (κ1) is 21.3. The highest BCUT2D eigenvalue weighted by atomic mass is 16.6. The summed E-state index contributed by atoms with van der Waals surface area (Å²) in [6, 6.07) is -1.45. The Kier molecular flexibility index (Phi) is 6.66. The van der Waals surface area contributed by atoms with E-state index in [9.17, 15) is 34.2 Å². The lowest BCUT2D eigenvalue weighted by Gasteiger charge is -2.17. The number of aliphatic carboxylic acids is 2. The van der Waals surface area contributed by atoms with Crippen molar-refractivity contribution in [3.05, 3.63) is 22.4 Å². The highest BCUT2D eigenvalue weighted by Gasteiger charge is 2.45. The van der Waals surface area contributed by atoms with E-state index in [1.807, 2.05) is 0 Å². The van der Waals surface area contributed by atoms with Gasteiger partial charge in [-0.3, -0.25) is 19.0 Å². The van der Waals surface area contributed by atoms with Gasteiger partial charge in [0.1, 0.15) is 18.2 Å². The standard InChI is InChI=1S/C15H19N3O10/c19-5-6-4-18(15(27)16-6)13-12(24)11(23)8(28-13)3-9(20)17-7(14(25)26)1-2-10(21)22/h4-5,7-8,11-13,23-24H,1-3H2,(H,16,27)(H,17,20)(H,21,22)(H,25,26). The fraction of sp³-hybridized carbons (Fsp3) is 0.533. The Hall–Kier alpha value is -3.03. The number of nitrogens with zero attached hydrogens (tertiary/aromatic N) is 1.